The Morgan fingerprint density at radius 2 is 2.29 bits per heavy atom. The first-order valence-corrected chi connectivity index (χ1v) is 7.57. The molecule has 1 saturated heterocycles. The summed E-state index contributed by atoms with van der Waals surface area (Å²) in [5.41, 5.74) is 3.37. The lowest BCUT2D eigenvalue weighted by Crippen LogP contribution is -2.26. The summed E-state index contributed by atoms with van der Waals surface area (Å²) in [4.78, 5) is 14.3. The predicted octanol–water partition coefficient (Wildman–Crippen LogP) is 3.58. The molecular weight excluding hydrogens is 260 g/mol. The van der Waals surface area contributed by atoms with Crippen molar-refractivity contribution in [1.82, 2.24) is 9.47 Å². The molecule has 1 aromatic heterocycles. The maximum atomic E-state index is 11.9. The predicted molar refractivity (Wildman–Crippen MR) is 87.7 cm³/mol. The molecule has 0 unspecified atom stereocenters. The summed E-state index contributed by atoms with van der Waals surface area (Å²) >= 11 is 0. The number of aromatic nitrogens is 1. The number of hydrogen-bond donors (Lipinski definition) is 0. The summed E-state index contributed by atoms with van der Waals surface area (Å²) in [6, 6.07) is 6.77. The second kappa shape index (κ2) is 5.49. The molecule has 1 aromatic carbocycles. The molecule has 0 aliphatic carbocycles. The zero-order valence-corrected chi connectivity index (χ0v) is 12.8. The first-order valence-electron chi connectivity index (χ1n) is 7.57. The monoisotopic (exact) mass is 282 g/mol. The molecule has 2 heterocycles. The van der Waals surface area contributed by atoms with Gasteiger partial charge in [0.1, 0.15) is 0 Å². The van der Waals surface area contributed by atoms with E-state index >= 15 is 0 Å². The summed E-state index contributed by atoms with van der Waals surface area (Å²) in [6.07, 6.45) is 7.39. The van der Waals surface area contributed by atoms with Crippen LogP contribution in [0.3, 0.4) is 0 Å². The Morgan fingerprint density at radius 1 is 1.48 bits per heavy atom. The minimum atomic E-state index is 0.0670. The second-order valence-electron chi connectivity index (χ2n) is 6.00. The van der Waals surface area contributed by atoms with Crippen LogP contribution in [0.5, 0.6) is 0 Å². The Hall–Kier alpha value is -1.87. The van der Waals surface area contributed by atoms with Crippen LogP contribution < -0.4 is 0 Å². The molecule has 0 N–H and O–H groups in total. The third-order valence-corrected chi connectivity index (χ3v) is 4.61. The van der Waals surface area contributed by atoms with Crippen molar-refractivity contribution >= 4 is 22.9 Å². The molecule has 0 saturated carbocycles. The van der Waals surface area contributed by atoms with Crippen molar-refractivity contribution in [2.24, 2.45) is 0 Å². The fourth-order valence-electron chi connectivity index (χ4n) is 3.36. The highest BCUT2D eigenvalue weighted by molar-refractivity contribution is 5.94. The molecule has 3 nitrogen and oxygen atoms in total. The van der Waals surface area contributed by atoms with E-state index in [0.717, 1.165) is 17.5 Å². The standard InChI is InChI=1S/C18H22N2O/c1-4-14-7-8-18-17(10-14)15(12-20(18)13(2)21)11-16-6-5-9-19(16)3/h4,7-8,10,12,16H,1,5-6,9,11H2,2-3H3/t16-/m1/s1. The summed E-state index contributed by atoms with van der Waals surface area (Å²) in [7, 11) is 2.19. The molecular formula is C18H22N2O. The van der Waals surface area contributed by atoms with Crippen LogP contribution in [0.25, 0.3) is 17.0 Å². The van der Waals surface area contributed by atoms with Gasteiger partial charge in [0.05, 0.1) is 5.52 Å². The van der Waals surface area contributed by atoms with Crippen LogP contribution in [0.1, 0.15) is 35.7 Å². The van der Waals surface area contributed by atoms with Gasteiger partial charge in [-0.3, -0.25) is 9.36 Å². The van der Waals surface area contributed by atoms with E-state index in [4.69, 9.17) is 0 Å². The molecule has 3 rings (SSSR count). The Bertz CT molecular complexity index is 699. The average molecular weight is 282 g/mol. The van der Waals surface area contributed by atoms with Gasteiger partial charge in [-0.15, -0.1) is 0 Å². The van der Waals surface area contributed by atoms with Crippen molar-refractivity contribution in [2.45, 2.75) is 32.2 Å². The molecule has 0 bridgehead atoms. The van der Waals surface area contributed by atoms with Crippen LogP contribution in [0.4, 0.5) is 0 Å². The van der Waals surface area contributed by atoms with Crippen LogP contribution in [0, 0.1) is 0 Å². The Kier molecular flexibility index (Phi) is 3.68. The molecule has 110 valence electrons. The van der Waals surface area contributed by atoms with Crippen LogP contribution >= 0.6 is 0 Å². The molecule has 0 spiro atoms. The van der Waals surface area contributed by atoms with Gasteiger partial charge in [0.15, 0.2) is 0 Å². The van der Waals surface area contributed by atoms with Crippen molar-refractivity contribution in [3.63, 3.8) is 0 Å². The van der Waals surface area contributed by atoms with Crippen molar-refractivity contribution in [3.8, 4) is 0 Å². The molecule has 1 atom stereocenters. The first kappa shape index (κ1) is 14.1. The van der Waals surface area contributed by atoms with E-state index in [2.05, 4.69) is 24.6 Å². The highest BCUT2D eigenvalue weighted by Gasteiger charge is 2.23. The molecule has 1 aliphatic rings. The zero-order valence-electron chi connectivity index (χ0n) is 12.8. The van der Waals surface area contributed by atoms with E-state index in [1.807, 2.05) is 24.4 Å². The van der Waals surface area contributed by atoms with Gasteiger partial charge in [-0.1, -0.05) is 18.7 Å². The number of carbonyl (C=O) groups is 1. The second-order valence-corrected chi connectivity index (χ2v) is 6.00. The Balaban J connectivity index is 2.07. The molecule has 2 aromatic rings. The van der Waals surface area contributed by atoms with E-state index in [-0.39, 0.29) is 5.91 Å². The third kappa shape index (κ3) is 2.54. The lowest BCUT2D eigenvalue weighted by molar-refractivity contribution is 0.0941. The van der Waals surface area contributed by atoms with Gasteiger partial charge < -0.3 is 4.90 Å². The van der Waals surface area contributed by atoms with Crippen LogP contribution in [-0.4, -0.2) is 35.0 Å². The maximum absolute atomic E-state index is 11.9. The van der Waals surface area contributed by atoms with Crippen LogP contribution in [-0.2, 0) is 6.42 Å². The lowest BCUT2D eigenvalue weighted by Gasteiger charge is -2.18. The molecule has 21 heavy (non-hydrogen) atoms. The number of hydrogen-bond acceptors (Lipinski definition) is 2. The van der Waals surface area contributed by atoms with E-state index in [9.17, 15) is 4.79 Å². The minimum absolute atomic E-state index is 0.0670. The summed E-state index contributed by atoms with van der Waals surface area (Å²) in [5.74, 6) is 0.0670. The zero-order chi connectivity index (χ0) is 15.0. The van der Waals surface area contributed by atoms with Crippen molar-refractivity contribution in [1.29, 1.82) is 0 Å². The van der Waals surface area contributed by atoms with Crippen molar-refractivity contribution in [3.05, 3.63) is 42.1 Å². The largest absolute Gasteiger partial charge is 0.303 e. The highest BCUT2D eigenvalue weighted by Crippen LogP contribution is 2.27. The molecule has 1 aliphatic heterocycles. The minimum Gasteiger partial charge on any atom is -0.303 e. The van der Waals surface area contributed by atoms with Gasteiger partial charge >= 0.3 is 0 Å². The van der Waals surface area contributed by atoms with Gasteiger partial charge in [-0.25, -0.2) is 0 Å². The van der Waals surface area contributed by atoms with Crippen molar-refractivity contribution < 1.29 is 4.79 Å². The number of likely N-dealkylation sites (tertiary alicyclic amines) is 1. The van der Waals surface area contributed by atoms with E-state index < -0.39 is 0 Å². The molecule has 1 fully saturated rings. The topological polar surface area (TPSA) is 25.2 Å². The lowest BCUT2D eigenvalue weighted by atomic mass is 10.0. The van der Waals surface area contributed by atoms with Crippen LogP contribution in [0.15, 0.2) is 31.0 Å². The SMILES string of the molecule is C=Cc1ccc2c(c1)c(C[C@H]1CCCN1C)cn2C(C)=O. The van der Waals surface area contributed by atoms with Gasteiger partial charge in [0.2, 0.25) is 5.91 Å². The van der Waals surface area contributed by atoms with Gasteiger partial charge in [0, 0.05) is 24.5 Å². The van der Waals surface area contributed by atoms with Gasteiger partial charge in [-0.05, 0) is 56.1 Å². The molecule has 0 amide bonds. The first-order chi connectivity index (χ1) is 10.1. The van der Waals surface area contributed by atoms with Crippen molar-refractivity contribution in [2.75, 3.05) is 13.6 Å². The quantitative estimate of drug-likeness (QED) is 0.859. The summed E-state index contributed by atoms with van der Waals surface area (Å²) in [6.45, 7) is 6.63. The number of benzene rings is 1. The third-order valence-electron chi connectivity index (χ3n) is 4.61. The smallest absolute Gasteiger partial charge is 0.227 e. The van der Waals surface area contributed by atoms with Gasteiger partial charge in [0.25, 0.3) is 0 Å². The van der Waals surface area contributed by atoms with Gasteiger partial charge in [-0.2, -0.15) is 0 Å². The molecule has 0 radical (unpaired) electrons. The number of rotatable bonds is 3. The fourth-order valence-corrected chi connectivity index (χ4v) is 3.36. The number of nitrogens with zero attached hydrogens (tertiary/aromatic N) is 2. The highest BCUT2D eigenvalue weighted by atomic mass is 16.1. The summed E-state index contributed by atoms with van der Waals surface area (Å²) in [5, 5.41) is 1.18. The Morgan fingerprint density at radius 3 is 2.90 bits per heavy atom. The molecule has 3 heteroatoms. The van der Waals surface area contributed by atoms with E-state index in [1.165, 1.54) is 30.3 Å². The number of fused-ring (bicyclic) bond motifs is 1. The van der Waals surface area contributed by atoms with E-state index in [0.29, 0.717) is 6.04 Å². The number of carbonyl (C=O) groups excluding carboxylic acids is 1. The Labute approximate surface area is 125 Å². The fraction of sp³-hybridized carbons (Fsp3) is 0.389. The maximum Gasteiger partial charge on any atom is 0.227 e. The summed E-state index contributed by atoms with van der Waals surface area (Å²) < 4.78 is 1.77. The van der Waals surface area contributed by atoms with E-state index in [1.54, 1.807) is 11.5 Å². The normalized spacial score (nSPS) is 19.2. The number of likely N-dealkylation sites (N-methyl/N-ethyl adjacent to an activating group) is 1. The average Bonchev–Trinajstić information content (AvgIpc) is 3.03. The van der Waals surface area contributed by atoms with Crippen LogP contribution in [0.2, 0.25) is 0 Å².